The molecule has 0 spiro atoms. The Morgan fingerprint density at radius 2 is 1.75 bits per heavy atom. The van der Waals surface area contributed by atoms with E-state index in [2.05, 4.69) is 26.0 Å². The first-order valence-corrected chi connectivity index (χ1v) is 8.92. The smallest absolute Gasteiger partial charge is 0.0780 e. The Morgan fingerprint density at radius 1 is 0.900 bits per heavy atom. The highest BCUT2D eigenvalue weighted by molar-refractivity contribution is 5.19. The number of fused-ring (bicyclic) bond motifs is 5. The highest BCUT2D eigenvalue weighted by Gasteiger charge is 2.58. The highest BCUT2D eigenvalue weighted by Crippen LogP contribution is 2.64. The molecular formula is C19H30O. The van der Waals surface area contributed by atoms with Crippen LogP contribution in [0.15, 0.2) is 12.2 Å². The van der Waals surface area contributed by atoms with Crippen molar-refractivity contribution in [3.63, 3.8) is 0 Å². The molecule has 3 fully saturated rings. The molecule has 0 bridgehead atoms. The Balaban J connectivity index is 1.66. The predicted octanol–water partition coefficient (Wildman–Crippen LogP) is 4.56. The fourth-order valence-electron chi connectivity index (χ4n) is 6.72. The van der Waals surface area contributed by atoms with Crippen LogP contribution in [0, 0.1) is 34.5 Å². The molecule has 0 saturated heterocycles. The molecule has 0 aromatic heterocycles. The van der Waals surface area contributed by atoms with Gasteiger partial charge in [-0.2, -0.15) is 0 Å². The molecule has 0 amide bonds. The molecule has 3 saturated carbocycles. The molecule has 4 aliphatic rings. The van der Waals surface area contributed by atoms with E-state index in [0.29, 0.717) is 11.3 Å². The molecular weight excluding hydrogens is 244 g/mol. The second-order valence-electron chi connectivity index (χ2n) is 8.70. The quantitative estimate of drug-likeness (QED) is 0.642. The van der Waals surface area contributed by atoms with Gasteiger partial charge in [0.1, 0.15) is 0 Å². The van der Waals surface area contributed by atoms with E-state index >= 15 is 0 Å². The Kier molecular flexibility index (Phi) is 2.91. The van der Waals surface area contributed by atoms with Crippen molar-refractivity contribution in [3.05, 3.63) is 12.2 Å². The van der Waals surface area contributed by atoms with Crippen LogP contribution in [-0.2, 0) is 0 Å². The van der Waals surface area contributed by atoms with Crippen LogP contribution in [0.25, 0.3) is 0 Å². The second-order valence-corrected chi connectivity index (χ2v) is 8.70. The van der Waals surface area contributed by atoms with Gasteiger partial charge < -0.3 is 5.11 Å². The zero-order valence-corrected chi connectivity index (χ0v) is 13.1. The van der Waals surface area contributed by atoms with E-state index in [-0.39, 0.29) is 11.5 Å². The van der Waals surface area contributed by atoms with Gasteiger partial charge in [-0.25, -0.2) is 0 Å². The minimum absolute atomic E-state index is 0.152. The minimum Gasteiger partial charge on any atom is -0.388 e. The summed E-state index contributed by atoms with van der Waals surface area (Å²) in [6.45, 7) is 4.96. The largest absolute Gasteiger partial charge is 0.388 e. The van der Waals surface area contributed by atoms with E-state index in [1.807, 2.05) is 0 Å². The lowest BCUT2D eigenvalue weighted by Gasteiger charge is -2.60. The maximum absolute atomic E-state index is 10.4. The van der Waals surface area contributed by atoms with Gasteiger partial charge >= 0.3 is 0 Å². The van der Waals surface area contributed by atoms with Crippen molar-refractivity contribution in [1.29, 1.82) is 0 Å². The Bertz CT molecular complexity index is 427. The molecule has 1 nitrogen and oxygen atoms in total. The zero-order chi connectivity index (χ0) is 14.0. The third kappa shape index (κ3) is 1.59. The topological polar surface area (TPSA) is 20.2 Å². The van der Waals surface area contributed by atoms with Crippen molar-refractivity contribution in [3.8, 4) is 0 Å². The summed E-state index contributed by atoms with van der Waals surface area (Å²) in [5, 5.41) is 10.4. The monoisotopic (exact) mass is 274 g/mol. The Labute approximate surface area is 123 Å². The third-order valence-electron chi connectivity index (χ3n) is 8.06. The first-order valence-electron chi connectivity index (χ1n) is 8.92. The van der Waals surface area contributed by atoms with Crippen LogP contribution in [-0.4, -0.2) is 11.2 Å². The van der Waals surface area contributed by atoms with Crippen LogP contribution < -0.4 is 0 Å². The maximum atomic E-state index is 10.4. The fourth-order valence-corrected chi connectivity index (χ4v) is 6.72. The fraction of sp³-hybridized carbons (Fsp3) is 0.895. The van der Waals surface area contributed by atoms with Gasteiger partial charge in [0.15, 0.2) is 0 Å². The summed E-state index contributed by atoms with van der Waals surface area (Å²) in [6, 6.07) is 0. The molecule has 0 aromatic carbocycles. The van der Waals surface area contributed by atoms with Gasteiger partial charge in [-0.05, 0) is 67.6 Å². The molecule has 0 aliphatic heterocycles. The lowest BCUT2D eigenvalue weighted by Crippen LogP contribution is -2.53. The zero-order valence-electron chi connectivity index (χ0n) is 13.1. The number of hydrogen-bond donors (Lipinski definition) is 1. The normalized spacial score (nSPS) is 57.9. The molecule has 0 heterocycles. The first-order chi connectivity index (χ1) is 9.56. The number of aliphatic hydroxyl groups is 1. The van der Waals surface area contributed by atoms with Crippen LogP contribution in [0.1, 0.15) is 65.2 Å². The summed E-state index contributed by atoms with van der Waals surface area (Å²) in [4.78, 5) is 0. The third-order valence-corrected chi connectivity index (χ3v) is 8.06. The van der Waals surface area contributed by atoms with E-state index < -0.39 is 0 Å². The molecule has 1 heteroatoms. The van der Waals surface area contributed by atoms with Gasteiger partial charge in [-0.15, -0.1) is 0 Å². The van der Waals surface area contributed by atoms with Crippen molar-refractivity contribution < 1.29 is 5.11 Å². The molecule has 20 heavy (non-hydrogen) atoms. The van der Waals surface area contributed by atoms with Crippen LogP contribution >= 0.6 is 0 Å². The summed E-state index contributed by atoms with van der Waals surface area (Å²) >= 11 is 0. The number of allylic oxidation sites excluding steroid dienone is 1. The van der Waals surface area contributed by atoms with Crippen molar-refractivity contribution in [1.82, 2.24) is 0 Å². The molecule has 4 rings (SSSR count). The molecule has 7 atom stereocenters. The Hall–Kier alpha value is -0.300. The average molecular weight is 274 g/mol. The summed E-state index contributed by atoms with van der Waals surface area (Å²) < 4.78 is 0. The van der Waals surface area contributed by atoms with Crippen LogP contribution in [0.2, 0.25) is 0 Å². The van der Waals surface area contributed by atoms with E-state index in [4.69, 9.17) is 0 Å². The lowest BCUT2D eigenvalue weighted by atomic mass is 9.45. The Morgan fingerprint density at radius 3 is 2.60 bits per heavy atom. The molecule has 112 valence electrons. The van der Waals surface area contributed by atoms with Crippen LogP contribution in [0.5, 0.6) is 0 Å². The van der Waals surface area contributed by atoms with Crippen molar-refractivity contribution >= 4 is 0 Å². The summed E-state index contributed by atoms with van der Waals surface area (Å²) in [5.41, 5.74) is 0.767. The van der Waals surface area contributed by atoms with E-state index in [9.17, 15) is 5.11 Å². The van der Waals surface area contributed by atoms with Gasteiger partial charge in [0, 0.05) is 5.41 Å². The lowest BCUT2D eigenvalue weighted by molar-refractivity contribution is -0.114. The van der Waals surface area contributed by atoms with Gasteiger partial charge in [-0.1, -0.05) is 38.8 Å². The van der Waals surface area contributed by atoms with E-state index in [1.165, 1.54) is 51.4 Å². The van der Waals surface area contributed by atoms with E-state index in [1.54, 1.807) is 0 Å². The van der Waals surface area contributed by atoms with Crippen LogP contribution in [0.4, 0.5) is 0 Å². The second kappa shape index (κ2) is 4.35. The highest BCUT2D eigenvalue weighted by atomic mass is 16.3. The number of aliphatic hydroxyl groups excluding tert-OH is 1. The molecule has 0 radical (unpaired) electrons. The van der Waals surface area contributed by atoms with E-state index in [0.717, 1.165) is 17.8 Å². The minimum atomic E-state index is -0.190. The number of hydrogen-bond acceptors (Lipinski definition) is 1. The summed E-state index contributed by atoms with van der Waals surface area (Å²) in [6.07, 6.45) is 15.6. The molecule has 1 N–H and O–H groups in total. The van der Waals surface area contributed by atoms with Gasteiger partial charge in [-0.3, -0.25) is 0 Å². The molecule has 0 aromatic rings. The first kappa shape index (κ1) is 13.4. The van der Waals surface area contributed by atoms with Crippen molar-refractivity contribution in [2.45, 2.75) is 71.3 Å². The molecule has 0 unspecified atom stereocenters. The number of rotatable bonds is 0. The average Bonchev–Trinajstić information content (AvgIpc) is 2.74. The van der Waals surface area contributed by atoms with Crippen LogP contribution in [0.3, 0.4) is 0 Å². The summed E-state index contributed by atoms with van der Waals surface area (Å²) in [7, 11) is 0. The van der Waals surface area contributed by atoms with Crippen molar-refractivity contribution in [2.75, 3.05) is 0 Å². The SMILES string of the molecule is C[C@]12CCCC[C@@H]1CC[C@H]1[C@@H]3C=C[C@H](O)[C@@]3(C)CC[C@@H]12. The standard InChI is InChI=1S/C19H30O/c1-18-11-4-3-5-13(18)6-7-14-15-8-9-17(20)19(15,2)12-10-16(14)18/h8-9,13-17,20H,3-7,10-12H2,1-2H3/t13-,14+,15+,16+,17+,18+,19+/m1/s1. The predicted molar refractivity (Wildman–Crippen MR) is 82.3 cm³/mol. The summed E-state index contributed by atoms with van der Waals surface area (Å²) in [5.74, 6) is 3.42. The van der Waals surface area contributed by atoms with Gasteiger partial charge in [0.25, 0.3) is 0 Å². The van der Waals surface area contributed by atoms with Gasteiger partial charge in [0.2, 0.25) is 0 Å². The van der Waals surface area contributed by atoms with Gasteiger partial charge in [0.05, 0.1) is 6.10 Å². The maximum Gasteiger partial charge on any atom is 0.0780 e. The van der Waals surface area contributed by atoms with Crippen molar-refractivity contribution in [2.24, 2.45) is 34.5 Å². The molecule has 4 aliphatic carbocycles.